The fraction of sp³-hybridized carbons (Fsp3) is 0.500. The summed E-state index contributed by atoms with van der Waals surface area (Å²) in [5, 5.41) is 3.31. The van der Waals surface area contributed by atoms with Crippen molar-refractivity contribution in [2.75, 3.05) is 11.1 Å². The van der Waals surface area contributed by atoms with Gasteiger partial charge < -0.3 is 16.8 Å². The lowest BCUT2D eigenvalue weighted by molar-refractivity contribution is 0.100. The van der Waals surface area contributed by atoms with E-state index in [4.69, 9.17) is 11.5 Å². The Bertz CT molecular complexity index is 404. The molecule has 0 fully saturated rings. The lowest BCUT2D eigenvalue weighted by Crippen LogP contribution is -2.20. The van der Waals surface area contributed by atoms with Crippen molar-refractivity contribution in [2.45, 2.75) is 45.6 Å². The predicted octanol–water partition coefficient (Wildman–Crippen LogP) is 2.75. The number of anilines is 2. The van der Waals surface area contributed by atoms with Crippen LogP contribution in [-0.2, 0) is 0 Å². The maximum atomic E-state index is 11.3. The van der Waals surface area contributed by atoms with E-state index < -0.39 is 5.91 Å². The Hall–Kier alpha value is -1.71. The van der Waals surface area contributed by atoms with E-state index in [2.05, 4.69) is 19.2 Å². The molecule has 1 aromatic rings. The average Bonchev–Trinajstić information content (AvgIpc) is 2.29. The van der Waals surface area contributed by atoms with Crippen molar-refractivity contribution in [2.24, 2.45) is 5.73 Å². The van der Waals surface area contributed by atoms with Crippen LogP contribution in [0.1, 0.15) is 49.9 Å². The van der Waals surface area contributed by atoms with Gasteiger partial charge in [-0.2, -0.15) is 0 Å². The third-order valence-electron chi connectivity index (χ3n) is 2.95. The first-order chi connectivity index (χ1) is 8.54. The molecule has 1 aromatic carbocycles. The fourth-order valence-electron chi connectivity index (χ4n) is 1.93. The van der Waals surface area contributed by atoms with Crippen molar-refractivity contribution < 1.29 is 4.79 Å². The zero-order chi connectivity index (χ0) is 13.5. The summed E-state index contributed by atoms with van der Waals surface area (Å²) in [6.07, 6.45) is 4.68. The lowest BCUT2D eigenvalue weighted by Gasteiger charge is -2.17. The van der Waals surface area contributed by atoms with Gasteiger partial charge in [-0.3, -0.25) is 4.79 Å². The van der Waals surface area contributed by atoms with E-state index in [9.17, 15) is 4.79 Å². The Balaban J connectivity index is 2.70. The van der Waals surface area contributed by atoms with Crippen molar-refractivity contribution in [3.8, 4) is 0 Å². The quantitative estimate of drug-likeness (QED) is 0.513. The molecule has 0 saturated carbocycles. The Labute approximate surface area is 109 Å². The second-order valence-electron chi connectivity index (χ2n) is 4.71. The molecule has 4 nitrogen and oxygen atoms in total. The average molecular weight is 249 g/mol. The van der Waals surface area contributed by atoms with Crippen molar-refractivity contribution in [1.82, 2.24) is 0 Å². The highest BCUT2D eigenvalue weighted by molar-refractivity contribution is 5.99. The molecule has 1 atom stereocenters. The van der Waals surface area contributed by atoms with Gasteiger partial charge >= 0.3 is 0 Å². The van der Waals surface area contributed by atoms with Gasteiger partial charge in [-0.25, -0.2) is 0 Å². The Morgan fingerprint density at radius 3 is 2.72 bits per heavy atom. The molecule has 0 saturated heterocycles. The monoisotopic (exact) mass is 249 g/mol. The molecule has 0 aliphatic carbocycles. The number of carbonyl (C=O) groups excluding carboxylic acids is 1. The number of rotatable bonds is 7. The Morgan fingerprint density at radius 1 is 1.39 bits per heavy atom. The standard InChI is InChI=1S/C14H23N3O/c1-3-4-5-6-10(2)17-13-9-11(15)7-8-12(13)14(16)18/h7-10,17H,3-6,15H2,1-2H3,(H2,16,18). The third kappa shape index (κ3) is 4.28. The number of benzene rings is 1. The summed E-state index contributed by atoms with van der Waals surface area (Å²) in [6.45, 7) is 4.28. The molecule has 0 spiro atoms. The van der Waals surface area contributed by atoms with Crippen molar-refractivity contribution in [1.29, 1.82) is 0 Å². The maximum Gasteiger partial charge on any atom is 0.250 e. The van der Waals surface area contributed by atoms with Crippen molar-refractivity contribution >= 4 is 17.3 Å². The minimum absolute atomic E-state index is 0.302. The number of nitrogens with two attached hydrogens (primary N) is 2. The molecule has 0 aliphatic rings. The van der Waals surface area contributed by atoms with E-state index in [1.165, 1.54) is 19.3 Å². The number of hydrogen-bond acceptors (Lipinski definition) is 3. The van der Waals surface area contributed by atoms with Gasteiger partial charge in [0.1, 0.15) is 0 Å². The van der Waals surface area contributed by atoms with Crippen LogP contribution in [-0.4, -0.2) is 11.9 Å². The first-order valence-corrected chi connectivity index (χ1v) is 6.50. The van der Waals surface area contributed by atoms with Gasteiger partial charge in [-0.05, 0) is 31.5 Å². The summed E-state index contributed by atoms with van der Waals surface area (Å²) >= 11 is 0. The van der Waals surface area contributed by atoms with E-state index in [-0.39, 0.29) is 0 Å². The van der Waals surface area contributed by atoms with Crippen LogP contribution in [0.15, 0.2) is 18.2 Å². The summed E-state index contributed by atoms with van der Waals surface area (Å²) in [7, 11) is 0. The van der Waals surface area contributed by atoms with Crippen LogP contribution in [0.3, 0.4) is 0 Å². The number of hydrogen-bond donors (Lipinski definition) is 3. The number of nitrogen functional groups attached to an aromatic ring is 1. The number of carbonyl (C=O) groups is 1. The molecule has 1 amide bonds. The zero-order valence-corrected chi connectivity index (χ0v) is 11.2. The summed E-state index contributed by atoms with van der Waals surface area (Å²) in [5.74, 6) is -0.432. The van der Waals surface area contributed by atoms with Crippen LogP contribution >= 0.6 is 0 Å². The van der Waals surface area contributed by atoms with Gasteiger partial charge in [0, 0.05) is 17.4 Å². The molecule has 5 N–H and O–H groups in total. The largest absolute Gasteiger partial charge is 0.399 e. The Kier molecular flexibility index (Phi) is 5.49. The summed E-state index contributed by atoms with van der Waals surface area (Å²) in [5.41, 5.74) is 12.9. The van der Waals surface area contributed by atoms with Crippen LogP contribution in [0.5, 0.6) is 0 Å². The lowest BCUT2D eigenvalue weighted by atomic mass is 10.1. The molecular formula is C14H23N3O. The second-order valence-corrected chi connectivity index (χ2v) is 4.71. The molecule has 0 aromatic heterocycles. The molecule has 18 heavy (non-hydrogen) atoms. The van der Waals surface area contributed by atoms with Crippen LogP contribution in [0.2, 0.25) is 0 Å². The SMILES string of the molecule is CCCCCC(C)Nc1cc(N)ccc1C(N)=O. The highest BCUT2D eigenvalue weighted by atomic mass is 16.1. The molecule has 1 unspecified atom stereocenters. The summed E-state index contributed by atoms with van der Waals surface area (Å²) in [6, 6.07) is 5.42. The zero-order valence-electron chi connectivity index (χ0n) is 11.2. The van der Waals surface area contributed by atoms with Crippen LogP contribution in [0.25, 0.3) is 0 Å². The van der Waals surface area contributed by atoms with Gasteiger partial charge in [0.25, 0.3) is 5.91 Å². The third-order valence-corrected chi connectivity index (χ3v) is 2.95. The van der Waals surface area contributed by atoms with E-state index in [1.54, 1.807) is 18.2 Å². The molecule has 4 heteroatoms. The van der Waals surface area contributed by atoms with E-state index in [0.29, 0.717) is 17.3 Å². The van der Waals surface area contributed by atoms with Crippen LogP contribution in [0, 0.1) is 0 Å². The van der Waals surface area contributed by atoms with Crippen molar-refractivity contribution in [3.05, 3.63) is 23.8 Å². The minimum Gasteiger partial charge on any atom is -0.399 e. The smallest absolute Gasteiger partial charge is 0.250 e. The first-order valence-electron chi connectivity index (χ1n) is 6.50. The molecule has 100 valence electrons. The van der Waals surface area contributed by atoms with Gasteiger partial charge in [0.05, 0.1) is 5.56 Å². The van der Waals surface area contributed by atoms with Crippen LogP contribution < -0.4 is 16.8 Å². The van der Waals surface area contributed by atoms with Gasteiger partial charge in [-0.1, -0.05) is 26.2 Å². The fourth-order valence-corrected chi connectivity index (χ4v) is 1.93. The van der Waals surface area contributed by atoms with Crippen molar-refractivity contribution in [3.63, 3.8) is 0 Å². The number of nitrogens with one attached hydrogen (secondary N) is 1. The number of amides is 1. The van der Waals surface area contributed by atoms with Gasteiger partial charge in [-0.15, -0.1) is 0 Å². The number of primary amides is 1. The molecule has 0 bridgehead atoms. The van der Waals surface area contributed by atoms with E-state index in [1.807, 2.05) is 0 Å². The Morgan fingerprint density at radius 2 is 2.11 bits per heavy atom. The second kappa shape index (κ2) is 6.89. The topological polar surface area (TPSA) is 81.1 Å². The highest BCUT2D eigenvalue weighted by Gasteiger charge is 2.10. The normalized spacial score (nSPS) is 12.1. The first kappa shape index (κ1) is 14.4. The summed E-state index contributed by atoms with van der Waals surface area (Å²) in [4.78, 5) is 11.3. The van der Waals surface area contributed by atoms with Gasteiger partial charge in [0.15, 0.2) is 0 Å². The highest BCUT2D eigenvalue weighted by Crippen LogP contribution is 2.20. The molecular weight excluding hydrogens is 226 g/mol. The van der Waals surface area contributed by atoms with E-state index >= 15 is 0 Å². The number of unbranched alkanes of at least 4 members (excludes halogenated alkanes) is 2. The predicted molar refractivity (Wildman–Crippen MR) is 76.6 cm³/mol. The van der Waals surface area contributed by atoms with Gasteiger partial charge in [0.2, 0.25) is 0 Å². The maximum absolute atomic E-state index is 11.3. The van der Waals surface area contributed by atoms with Crippen LogP contribution in [0.4, 0.5) is 11.4 Å². The molecule has 0 aliphatic heterocycles. The summed E-state index contributed by atoms with van der Waals surface area (Å²) < 4.78 is 0. The minimum atomic E-state index is -0.432. The molecule has 0 radical (unpaired) electrons. The molecule has 0 heterocycles. The molecule has 1 rings (SSSR count). The van der Waals surface area contributed by atoms with E-state index in [0.717, 1.165) is 12.1 Å².